The summed E-state index contributed by atoms with van der Waals surface area (Å²) in [6.45, 7) is 4.36. The highest BCUT2D eigenvalue weighted by Crippen LogP contribution is 2.25. The van der Waals surface area contributed by atoms with Crippen molar-refractivity contribution in [3.63, 3.8) is 0 Å². The van der Waals surface area contributed by atoms with Crippen LogP contribution in [0.4, 0.5) is 15.6 Å². The number of aromatic nitrogens is 1. The van der Waals surface area contributed by atoms with E-state index < -0.39 is 0 Å². The summed E-state index contributed by atoms with van der Waals surface area (Å²) >= 11 is 1.46. The van der Waals surface area contributed by atoms with Crippen molar-refractivity contribution < 1.29 is 9.53 Å². The van der Waals surface area contributed by atoms with Crippen molar-refractivity contribution in [1.29, 1.82) is 0 Å². The summed E-state index contributed by atoms with van der Waals surface area (Å²) in [4.78, 5) is 18.4. The molecule has 2 N–H and O–H groups in total. The molecule has 0 radical (unpaired) electrons. The predicted molar refractivity (Wildman–Crippen MR) is 102 cm³/mol. The fourth-order valence-electron chi connectivity index (χ4n) is 2.97. The average molecular weight is 360 g/mol. The second kappa shape index (κ2) is 8.20. The summed E-state index contributed by atoms with van der Waals surface area (Å²) in [7, 11) is 1.68. The van der Waals surface area contributed by atoms with Gasteiger partial charge in [0.05, 0.1) is 18.5 Å². The molecule has 0 bridgehead atoms. The maximum Gasteiger partial charge on any atom is 0.323 e. The number of nitrogens with zero attached hydrogens (tertiary/aromatic N) is 2. The second-order valence-corrected chi connectivity index (χ2v) is 7.09. The first-order valence-electron chi connectivity index (χ1n) is 8.50. The molecule has 7 heteroatoms. The van der Waals surface area contributed by atoms with Gasteiger partial charge in [0.25, 0.3) is 0 Å². The van der Waals surface area contributed by atoms with Crippen LogP contribution in [-0.2, 0) is 0 Å². The summed E-state index contributed by atoms with van der Waals surface area (Å²) in [6.07, 6.45) is 1.99. The number of piperidine rings is 1. The van der Waals surface area contributed by atoms with Gasteiger partial charge in [-0.25, -0.2) is 9.78 Å². The Morgan fingerprint density at radius 3 is 2.80 bits per heavy atom. The largest absolute Gasteiger partial charge is 0.495 e. The molecule has 0 saturated carbocycles. The van der Waals surface area contributed by atoms with E-state index in [0.717, 1.165) is 49.6 Å². The van der Waals surface area contributed by atoms with Crippen LogP contribution >= 0.6 is 11.3 Å². The first-order valence-corrected chi connectivity index (χ1v) is 9.38. The lowest BCUT2D eigenvalue weighted by Crippen LogP contribution is -2.42. The topological polar surface area (TPSA) is 66.5 Å². The van der Waals surface area contributed by atoms with Crippen LogP contribution in [0.2, 0.25) is 0 Å². The summed E-state index contributed by atoms with van der Waals surface area (Å²) < 4.78 is 5.36. The van der Waals surface area contributed by atoms with Gasteiger partial charge in [-0.05, 0) is 37.8 Å². The molecule has 0 spiro atoms. The SMILES string of the molecule is COc1ccccc1NCC1CCN(C(=O)Nc2nc(C)cs2)CC1. The number of carbonyl (C=O) groups excluding carboxylic acids is 1. The number of rotatable bonds is 5. The van der Waals surface area contributed by atoms with Crippen molar-refractivity contribution in [2.24, 2.45) is 5.92 Å². The van der Waals surface area contributed by atoms with Gasteiger partial charge in [0, 0.05) is 25.0 Å². The van der Waals surface area contributed by atoms with Crippen molar-refractivity contribution in [2.75, 3.05) is 37.4 Å². The summed E-state index contributed by atoms with van der Waals surface area (Å²) in [5.74, 6) is 1.41. The van der Waals surface area contributed by atoms with Crippen molar-refractivity contribution in [2.45, 2.75) is 19.8 Å². The van der Waals surface area contributed by atoms with Crippen LogP contribution in [0.1, 0.15) is 18.5 Å². The average Bonchev–Trinajstić information content (AvgIpc) is 3.05. The van der Waals surface area contributed by atoms with Crippen molar-refractivity contribution in [1.82, 2.24) is 9.88 Å². The summed E-state index contributed by atoms with van der Waals surface area (Å²) in [5.41, 5.74) is 1.95. The van der Waals surface area contributed by atoms with Crippen LogP contribution < -0.4 is 15.4 Å². The van der Waals surface area contributed by atoms with E-state index >= 15 is 0 Å². The number of methoxy groups -OCH3 is 1. The summed E-state index contributed by atoms with van der Waals surface area (Å²) in [6, 6.07) is 7.89. The Hall–Kier alpha value is -2.28. The van der Waals surface area contributed by atoms with Gasteiger partial charge in [0.1, 0.15) is 5.75 Å². The molecule has 6 nitrogen and oxygen atoms in total. The molecule has 1 fully saturated rings. The first-order chi connectivity index (χ1) is 12.2. The number of nitrogens with one attached hydrogen (secondary N) is 2. The molecule has 25 heavy (non-hydrogen) atoms. The molecule has 0 aliphatic carbocycles. The Bertz CT molecular complexity index is 711. The zero-order chi connectivity index (χ0) is 17.6. The fourth-order valence-corrected chi connectivity index (χ4v) is 3.64. The number of amides is 2. The van der Waals surface area contributed by atoms with Gasteiger partial charge in [-0.15, -0.1) is 11.3 Å². The first kappa shape index (κ1) is 17.5. The van der Waals surface area contributed by atoms with Gasteiger partial charge in [-0.1, -0.05) is 12.1 Å². The molecule has 1 saturated heterocycles. The molecule has 0 unspecified atom stereocenters. The van der Waals surface area contributed by atoms with E-state index in [2.05, 4.69) is 15.6 Å². The third-order valence-corrected chi connectivity index (χ3v) is 5.30. The van der Waals surface area contributed by atoms with Crippen LogP contribution in [0.25, 0.3) is 0 Å². The van der Waals surface area contributed by atoms with Crippen LogP contribution in [0.5, 0.6) is 5.75 Å². The van der Waals surface area contributed by atoms with Crippen LogP contribution in [-0.4, -0.2) is 42.7 Å². The van der Waals surface area contributed by atoms with E-state index in [0.29, 0.717) is 11.0 Å². The number of likely N-dealkylation sites (tertiary alicyclic amines) is 1. The highest BCUT2D eigenvalue weighted by molar-refractivity contribution is 7.13. The minimum Gasteiger partial charge on any atom is -0.495 e. The lowest BCUT2D eigenvalue weighted by Gasteiger charge is -2.32. The predicted octanol–water partition coefficient (Wildman–Crippen LogP) is 3.82. The molecule has 3 rings (SSSR count). The number of ether oxygens (including phenoxy) is 1. The van der Waals surface area contributed by atoms with Crippen molar-refractivity contribution in [3.05, 3.63) is 35.3 Å². The third-order valence-electron chi connectivity index (χ3n) is 4.42. The molecule has 1 aromatic carbocycles. The molecular weight excluding hydrogens is 336 g/mol. The monoisotopic (exact) mass is 360 g/mol. The van der Waals surface area contributed by atoms with Gasteiger partial charge in [-0.3, -0.25) is 5.32 Å². The van der Waals surface area contributed by atoms with E-state index in [9.17, 15) is 4.79 Å². The number of aryl methyl sites for hydroxylation is 1. The van der Waals surface area contributed by atoms with Gasteiger partial charge >= 0.3 is 6.03 Å². The van der Waals surface area contributed by atoms with Crippen LogP contribution in [0.15, 0.2) is 29.6 Å². The van der Waals surface area contributed by atoms with E-state index in [1.165, 1.54) is 11.3 Å². The van der Waals surface area contributed by atoms with Gasteiger partial charge in [-0.2, -0.15) is 0 Å². The molecule has 0 atom stereocenters. The number of hydrogen-bond donors (Lipinski definition) is 2. The Morgan fingerprint density at radius 1 is 1.36 bits per heavy atom. The lowest BCUT2D eigenvalue weighted by atomic mass is 9.97. The molecule has 1 aromatic heterocycles. The number of para-hydroxylation sites is 2. The maximum atomic E-state index is 12.3. The van der Waals surface area contributed by atoms with Crippen molar-refractivity contribution >= 4 is 28.2 Å². The number of urea groups is 1. The molecule has 134 valence electrons. The quantitative estimate of drug-likeness (QED) is 0.851. The molecule has 2 heterocycles. The number of hydrogen-bond acceptors (Lipinski definition) is 5. The van der Waals surface area contributed by atoms with Crippen LogP contribution in [0, 0.1) is 12.8 Å². The lowest BCUT2D eigenvalue weighted by molar-refractivity contribution is 0.185. The minimum atomic E-state index is -0.0505. The smallest absolute Gasteiger partial charge is 0.323 e. The fraction of sp³-hybridized carbons (Fsp3) is 0.444. The van der Waals surface area contributed by atoms with E-state index in [-0.39, 0.29) is 6.03 Å². The summed E-state index contributed by atoms with van der Waals surface area (Å²) in [5, 5.41) is 8.96. The molecule has 2 aromatic rings. The van der Waals surface area contributed by atoms with Gasteiger partial charge in [0.15, 0.2) is 5.13 Å². The zero-order valence-corrected chi connectivity index (χ0v) is 15.4. The number of anilines is 2. The third kappa shape index (κ3) is 4.63. The number of benzene rings is 1. The van der Waals surface area contributed by atoms with E-state index in [4.69, 9.17) is 4.74 Å². The molecule has 2 amide bonds. The Balaban J connectivity index is 1.44. The standard InChI is InChI=1S/C18H24N4O2S/c1-13-12-25-17(20-13)21-18(23)22-9-7-14(8-10-22)11-19-15-5-3-4-6-16(15)24-2/h3-6,12,14,19H,7-11H2,1-2H3,(H,20,21,23). The number of carbonyl (C=O) groups is 1. The van der Waals surface area contributed by atoms with Gasteiger partial charge in [0.2, 0.25) is 0 Å². The van der Waals surface area contributed by atoms with E-state index in [1.54, 1.807) is 7.11 Å². The molecular formula is C18H24N4O2S. The molecule has 1 aliphatic rings. The minimum absolute atomic E-state index is 0.0505. The van der Waals surface area contributed by atoms with Crippen LogP contribution in [0.3, 0.4) is 0 Å². The normalized spacial score (nSPS) is 15.0. The highest BCUT2D eigenvalue weighted by Gasteiger charge is 2.23. The Labute approximate surface area is 152 Å². The van der Waals surface area contributed by atoms with E-state index in [1.807, 2.05) is 41.5 Å². The second-order valence-electron chi connectivity index (χ2n) is 6.24. The van der Waals surface area contributed by atoms with Crippen molar-refractivity contribution in [3.8, 4) is 5.75 Å². The molecule has 1 aliphatic heterocycles. The van der Waals surface area contributed by atoms with Gasteiger partial charge < -0.3 is 15.0 Å². The zero-order valence-electron chi connectivity index (χ0n) is 14.6. The number of thiazole rings is 1. The Morgan fingerprint density at radius 2 is 2.12 bits per heavy atom. The highest BCUT2D eigenvalue weighted by atomic mass is 32.1. The maximum absolute atomic E-state index is 12.3. The Kier molecular flexibility index (Phi) is 5.75.